The lowest BCUT2D eigenvalue weighted by atomic mass is 9.76. The van der Waals surface area contributed by atoms with E-state index in [1.807, 2.05) is 60.7 Å². The summed E-state index contributed by atoms with van der Waals surface area (Å²) < 4.78 is 5.19. The minimum Gasteiger partial charge on any atom is -0.468 e. The summed E-state index contributed by atoms with van der Waals surface area (Å²) in [4.78, 5) is 55.4. The number of hydrogen-bond donors (Lipinski definition) is 1. The fourth-order valence-electron chi connectivity index (χ4n) is 5.21. The number of amides is 3. The Hall–Kier alpha value is -3.52. The van der Waals surface area contributed by atoms with Crippen molar-refractivity contribution in [2.24, 2.45) is 11.8 Å². The number of imide groups is 1. The van der Waals surface area contributed by atoms with Crippen LogP contribution in [0.5, 0.6) is 0 Å². The molecule has 2 aromatic rings. The molecule has 2 heterocycles. The summed E-state index contributed by atoms with van der Waals surface area (Å²) in [7, 11) is 2.92. The van der Waals surface area contributed by atoms with Crippen molar-refractivity contribution in [3.05, 3.63) is 71.8 Å². The molecule has 0 unspecified atom stereocenters. The molecule has 178 valence electrons. The average molecular weight is 464 g/mol. The zero-order valence-corrected chi connectivity index (χ0v) is 19.6. The quantitative estimate of drug-likeness (QED) is 0.493. The maximum Gasteiger partial charge on any atom is 0.327 e. The highest BCUT2D eigenvalue weighted by Crippen LogP contribution is 2.45. The summed E-state index contributed by atoms with van der Waals surface area (Å²) in [6.07, 6.45) is 0.181. The van der Waals surface area contributed by atoms with E-state index >= 15 is 0 Å². The van der Waals surface area contributed by atoms with Crippen molar-refractivity contribution in [1.82, 2.24) is 15.1 Å². The fourth-order valence-corrected chi connectivity index (χ4v) is 5.21. The number of hydrogen-bond acceptors (Lipinski definition) is 6. The molecule has 4 atom stereocenters. The minimum atomic E-state index is -1.43. The molecule has 0 radical (unpaired) electrons. The van der Waals surface area contributed by atoms with Crippen LogP contribution in [-0.2, 0) is 36.9 Å². The van der Waals surface area contributed by atoms with Gasteiger partial charge in [-0.2, -0.15) is 0 Å². The molecule has 0 aliphatic carbocycles. The summed E-state index contributed by atoms with van der Waals surface area (Å²) in [5.74, 6) is -3.24. The molecule has 0 aromatic heterocycles. The van der Waals surface area contributed by atoms with Gasteiger partial charge in [-0.15, -0.1) is 0 Å². The maximum atomic E-state index is 13.8. The van der Waals surface area contributed by atoms with Gasteiger partial charge in [0.05, 0.1) is 25.5 Å². The van der Waals surface area contributed by atoms with E-state index in [1.54, 1.807) is 7.05 Å². The smallest absolute Gasteiger partial charge is 0.327 e. The number of nitrogens with zero attached hydrogens (tertiary/aromatic N) is 2. The van der Waals surface area contributed by atoms with Gasteiger partial charge in [-0.1, -0.05) is 60.7 Å². The number of rotatable bonds is 7. The zero-order valence-electron chi connectivity index (χ0n) is 19.6. The number of carbonyl (C=O) groups excluding carboxylic acids is 4. The molecule has 0 bridgehead atoms. The first-order chi connectivity index (χ1) is 16.3. The van der Waals surface area contributed by atoms with Gasteiger partial charge in [-0.3, -0.25) is 29.4 Å². The van der Waals surface area contributed by atoms with Crippen molar-refractivity contribution < 1.29 is 23.9 Å². The van der Waals surface area contributed by atoms with Gasteiger partial charge in [0.25, 0.3) is 0 Å². The Morgan fingerprint density at radius 1 is 1.00 bits per heavy atom. The molecule has 2 aliphatic heterocycles. The van der Waals surface area contributed by atoms with Gasteiger partial charge < -0.3 is 9.64 Å². The topological polar surface area (TPSA) is 96.0 Å². The Morgan fingerprint density at radius 3 is 2.15 bits per heavy atom. The number of nitrogens with one attached hydrogen (secondary N) is 1. The number of likely N-dealkylation sites (N-methyl/N-ethyl adjacent to an activating group) is 1. The van der Waals surface area contributed by atoms with E-state index in [9.17, 15) is 19.2 Å². The molecular formula is C26H29N3O5. The van der Waals surface area contributed by atoms with Gasteiger partial charge in [0.15, 0.2) is 0 Å². The lowest BCUT2D eigenvalue weighted by molar-refractivity contribution is -0.154. The highest BCUT2D eigenvalue weighted by atomic mass is 16.5. The van der Waals surface area contributed by atoms with E-state index in [0.717, 1.165) is 11.1 Å². The molecule has 3 amide bonds. The lowest BCUT2D eigenvalue weighted by Gasteiger charge is -2.33. The second-order valence-corrected chi connectivity index (χ2v) is 9.03. The van der Waals surface area contributed by atoms with Crippen LogP contribution in [0.1, 0.15) is 18.1 Å². The van der Waals surface area contributed by atoms with Crippen LogP contribution in [0.2, 0.25) is 0 Å². The summed E-state index contributed by atoms with van der Waals surface area (Å²) in [5.41, 5.74) is 0.226. The van der Waals surface area contributed by atoms with Crippen LogP contribution in [0.15, 0.2) is 60.7 Å². The fraction of sp³-hybridized carbons (Fsp3) is 0.385. The van der Waals surface area contributed by atoms with Crippen molar-refractivity contribution in [2.45, 2.75) is 31.5 Å². The van der Waals surface area contributed by atoms with Crippen molar-refractivity contribution in [3.8, 4) is 0 Å². The number of methoxy groups -OCH3 is 1. The molecular weight excluding hydrogens is 434 g/mol. The zero-order chi connectivity index (χ0) is 24.5. The van der Waals surface area contributed by atoms with E-state index in [1.165, 1.54) is 23.8 Å². The van der Waals surface area contributed by atoms with Gasteiger partial charge in [0, 0.05) is 33.0 Å². The number of ether oxygens (including phenoxy) is 1. The van der Waals surface area contributed by atoms with E-state index in [4.69, 9.17) is 4.74 Å². The number of benzene rings is 2. The molecule has 8 heteroatoms. The lowest BCUT2D eigenvalue weighted by Crippen LogP contribution is -2.59. The van der Waals surface area contributed by atoms with Gasteiger partial charge in [0.2, 0.25) is 17.7 Å². The average Bonchev–Trinajstić information content (AvgIpc) is 3.29. The van der Waals surface area contributed by atoms with Gasteiger partial charge in [-0.25, -0.2) is 0 Å². The van der Waals surface area contributed by atoms with Crippen molar-refractivity contribution in [2.75, 3.05) is 20.7 Å². The van der Waals surface area contributed by atoms with Crippen molar-refractivity contribution >= 4 is 23.7 Å². The Morgan fingerprint density at radius 2 is 1.59 bits per heavy atom. The van der Waals surface area contributed by atoms with E-state index in [2.05, 4.69) is 5.32 Å². The largest absolute Gasteiger partial charge is 0.468 e. The molecule has 2 aromatic carbocycles. The van der Waals surface area contributed by atoms with Gasteiger partial charge in [-0.05, 0) is 11.1 Å². The normalized spacial score (nSPS) is 25.9. The highest BCUT2D eigenvalue weighted by Gasteiger charge is 2.68. The van der Waals surface area contributed by atoms with Gasteiger partial charge >= 0.3 is 5.97 Å². The SMILES string of the molecule is COC(=O)[C@]1(Cc2ccccc2)N[C@H](CN(C)C(C)=O)[C@@H]2C(=O)N(Cc3ccccc3)C(=O)[C@@H]21. The molecule has 34 heavy (non-hydrogen) atoms. The monoisotopic (exact) mass is 463 g/mol. The molecule has 0 spiro atoms. The summed E-state index contributed by atoms with van der Waals surface area (Å²) in [6, 6.07) is 18.0. The second-order valence-electron chi connectivity index (χ2n) is 9.03. The molecule has 2 saturated heterocycles. The first kappa shape index (κ1) is 23.6. The number of carbonyl (C=O) groups is 4. The standard InChI is InChI=1S/C26H29N3O5/c1-17(30)28(2)16-20-21-22(24(32)29(23(21)31)15-19-12-8-5-9-13-19)26(27-20,25(33)34-3)14-18-10-6-4-7-11-18/h4-13,20-22,27H,14-16H2,1-3H3/t20-,21+,22-,26-/m1/s1. The predicted octanol–water partition coefficient (Wildman–Crippen LogP) is 1.39. The minimum absolute atomic E-state index is 0.128. The first-order valence-electron chi connectivity index (χ1n) is 11.3. The van der Waals surface area contributed by atoms with Crippen LogP contribution < -0.4 is 5.32 Å². The van der Waals surface area contributed by atoms with E-state index in [-0.39, 0.29) is 31.3 Å². The third kappa shape index (κ3) is 4.09. The van der Waals surface area contributed by atoms with Crippen LogP contribution in [0.3, 0.4) is 0 Å². The van der Waals surface area contributed by atoms with Crippen molar-refractivity contribution in [1.29, 1.82) is 0 Å². The van der Waals surface area contributed by atoms with Crippen LogP contribution in [0.4, 0.5) is 0 Å². The highest BCUT2D eigenvalue weighted by molar-refractivity contribution is 6.09. The third-order valence-corrected chi connectivity index (χ3v) is 6.92. The molecule has 2 aliphatic rings. The van der Waals surface area contributed by atoms with Gasteiger partial charge in [0.1, 0.15) is 5.54 Å². The second kappa shape index (κ2) is 9.38. The Balaban J connectivity index is 1.77. The summed E-state index contributed by atoms with van der Waals surface area (Å²) in [5, 5.41) is 3.30. The predicted molar refractivity (Wildman–Crippen MR) is 124 cm³/mol. The van der Waals surface area contributed by atoms with Crippen LogP contribution in [0.25, 0.3) is 0 Å². The Labute approximate surface area is 198 Å². The van der Waals surface area contributed by atoms with E-state index < -0.39 is 35.3 Å². The molecule has 8 nitrogen and oxygen atoms in total. The van der Waals surface area contributed by atoms with Crippen LogP contribution in [0, 0.1) is 11.8 Å². The Kier molecular flexibility index (Phi) is 6.52. The number of likely N-dealkylation sites (tertiary alicyclic amines) is 1. The summed E-state index contributed by atoms with van der Waals surface area (Å²) >= 11 is 0. The molecule has 1 N–H and O–H groups in total. The third-order valence-electron chi connectivity index (χ3n) is 6.92. The maximum absolute atomic E-state index is 13.8. The van der Waals surface area contributed by atoms with Crippen LogP contribution >= 0.6 is 0 Å². The number of fused-ring (bicyclic) bond motifs is 1. The molecule has 2 fully saturated rings. The first-order valence-corrected chi connectivity index (χ1v) is 11.3. The van der Waals surface area contributed by atoms with Crippen LogP contribution in [-0.4, -0.2) is 65.8 Å². The Bertz CT molecular complexity index is 1090. The summed E-state index contributed by atoms with van der Waals surface area (Å²) in [6.45, 7) is 1.75. The molecule has 4 rings (SSSR count). The van der Waals surface area contributed by atoms with Crippen molar-refractivity contribution in [3.63, 3.8) is 0 Å². The number of esters is 1. The molecule has 0 saturated carbocycles. The van der Waals surface area contributed by atoms with E-state index in [0.29, 0.717) is 0 Å².